The van der Waals surface area contributed by atoms with Gasteiger partial charge in [0.05, 0.1) is 7.05 Å². The molecule has 0 aliphatic carbocycles. The van der Waals surface area contributed by atoms with E-state index < -0.39 is 0 Å². The number of aromatic nitrogens is 4. The van der Waals surface area contributed by atoms with Crippen LogP contribution in [0.3, 0.4) is 0 Å². The highest BCUT2D eigenvalue weighted by Gasteiger charge is 2.10. The van der Waals surface area contributed by atoms with Crippen LogP contribution < -0.4 is 5.73 Å². The van der Waals surface area contributed by atoms with Gasteiger partial charge in [0.2, 0.25) is 0 Å². The van der Waals surface area contributed by atoms with Crippen LogP contribution in [0.25, 0.3) is 0 Å². The van der Waals surface area contributed by atoms with E-state index in [0.29, 0.717) is 12.2 Å². The minimum absolute atomic E-state index is 0.110. The molecule has 0 bridgehead atoms. The summed E-state index contributed by atoms with van der Waals surface area (Å²) in [5.41, 5.74) is 7.12. The van der Waals surface area contributed by atoms with Gasteiger partial charge in [-0.1, -0.05) is 28.1 Å². The summed E-state index contributed by atoms with van der Waals surface area (Å²) in [4.78, 5) is 1.43. The molecule has 5 nitrogen and oxygen atoms in total. The van der Waals surface area contributed by atoms with Crippen LogP contribution in [0, 0.1) is 0 Å². The van der Waals surface area contributed by atoms with Gasteiger partial charge in [-0.25, -0.2) is 0 Å². The average molecular weight is 282 g/mol. The number of hydrogen-bond acceptors (Lipinski definition) is 4. The molecule has 84 valence electrons. The van der Waals surface area contributed by atoms with Gasteiger partial charge in [-0.3, -0.25) is 0 Å². The highest BCUT2D eigenvalue weighted by Crippen LogP contribution is 2.18. The van der Waals surface area contributed by atoms with Gasteiger partial charge in [0.15, 0.2) is 5.82 Å². The molecular weight excluding hydrogens is 270 g/mol. The van der Waals surface area contributed by atoms with Crippen LogP contribution in [0.1, 0.15) is 17.4 Å². The highest BCUT2D eigenvalue weighted by molar-refractivity contribution is 9.10. The molecule has 0 aliphatic rings. The van der Waals surface area contributed by atoms with Crippen molar-refractivity contribution in [1.29, 1.82) is 0 Å². The molecule has 0 saturated carbocycles. The summed E-state index contributed by atoms with van der Waals surface area (Å²) in [6.07, 6.45) is 0.588. The Bertz CT molecular complexity index is 482. The van der Waals surface area contributed by atoms with E-state index in [1.54, 1.807) is 7.05 Å². The number of nitrogens with two attached hydrogens (primary N) is 1. The van der Waals surface area contributed by atoms with E-state index in [4.69, 9.17) is 5.73 Å². The van der Waals surface area contributed by atoms with Crippen LogP contribution in [0.5, 0.6) is 0 Å². The van der Waals surface area contributed by atoms with Crippen molar-refractivity contribution in [2.45, 2.75) is 12.5 Å². The lowest BCUT2D eigenvalue weighted by Gasteiger charge is -2.09. The van der Waals surface area contributed by atoms with Crippen molar-refractivity contribution in [3.05, 3.63) is 40.1 Å². The summed E-state index contributed by atoms with van der Waals surface area (Å²) in [6, 6.07) is 7.81. The first-order valence-corrected chi connectivity index (χ1v) is 5.68. The Balaban J connectivity index is 2.11. The van der Waals surface area contributed by atoms with Crippen molar-refractivity contribution >= 4 is 15.9 Å². The largest absolute Gasteiger partial charge is 0.324 e. The lowest BCUT2D eigenvalue weighted by Crippen LogP contribution is -2.14. The van der Waals surface area contributed by atoms with Crippen LogP contribution in [0.4, 0.5) is 0 Å². The highest BCUT2D eigenvalue weighted by atomic mass is 79.9. The monoisotopic (exact) mass is 281 g/mol. The van der Waals surface area contributed by atoms with Crippen molar-refractivity contribution in [3.63, 3.8) is 0 Å². The number of aryl methyl sites for hydroxylation is 1. The number of rotatable bonds is 3. The molecule has 1 heterocycles. The fourth-order valence-electron chi connectivity index (χ4n) is 1.46. The van der Waals surface area contributed by atoms with Gasteiger partial charge in [-0.15, -0.1) is 10.2 Å². The average Bonchev–Trinajstić information content (AvgIpc) is 2.64. The Labute approximate surface area is 102 Å². The topological polar surface area (TPSA) is 69.6 Å². The minimum Gasteiger partial charge on any atom is -0.324 e. The Morgan fingerprint density at radius 3 is 2.94 bits per heavy atom. The molecular formula is C10H12BrN5. The summed E-state index contributed by atoms with van der Waals surface area (Å²) < 4.78 is 1.02. The maximum Gasteiger partial charge on any atom is 0.176 e. The molecule has 0 fully saturated rings. The van der Waals surface area contributed by atoms with Gasteiger partial charge in [-0.05, 0) is 22.9 Å². The first kappa shape index (κ1) is 11.2. The molecule has 1 atom stereocenters. The van der Waals surface area contributed by atoms with Crippen LogP contribution >= 0.6 is 15.9 Å². The van der Waals surface area contributed by atoms with Crippen molar-refractivity contribution < 1.29 is 0 Å². The van der Waals surface area contributed by atoms with Crippen LogP contribution in [-0.2, 0) is 13.5 Å². The number of halogens is 1. The Hall–Kier alpha value is -1.27. The van der Waals surface area contributed by atoms with Crippen LogP contribution in [0.2, 0.25) is 0 Å². The zero-order valence-electron chi connectivity index (χ0n) is 8.84. The van der Waals surface area contributed by atoms with Gasteiger partial charge in [0, 0.05) is 16.9 Å². The van der Waals surface area contributed by atoms with E-state index in [1.165, 1.54) is 4.80 Å². The Kier molecular flexibility index (Phi) is 3.31. The number of tetrazole rings is 1. The molecule has 16 heavy (non-hydrogen) atoms. The minimum atomic E-state index is -0.110. The molecule has 1 aromatic heterocycles. The molecule has 0 spiro atoms. The lowest BCUT2D eigenvalue weighted by molar-refractivity contribution is 0.622. The summed E-state index contributed by atoms with van der Waals surface area (Å²) in [5.74, 6) is 0.662. The number of hydrogen-bond donors (Lipinski definition) is 1. The van der Waals surface area contributed by atoms with E-state index in [0.717, 1.165) is 10.0 Å². The van der Waals surface area contributed by atoms with Crippen molar-refractivity contribution in [2.24, 2.45) is 12.8 Å². The first-order chi connectivity index (χ1) is 7.65. The normalized spacial score (nSPS) is 12.7. The molecule has 0 saturated heterocycles. The molecule has 0 amide bonds. The third kappa shape index (κ3) is 2.65. The van der Waals surface area contributed by atoms with E-state index in [1.807, 2.05) is 24.3 Å². The molecule has 0 aliphatic heterocycles. The summed E-state index contributed by atoms with van der Waals surface area (Å²) >= 11 is 3.42. The third-order valence-electron chi connectivity index (χ3n) is 2.23. The number of benzene rings is 1. The molecule has 1 aromatic carbocycles. The maximum atomic E-state index is 6.07. The van der Waals surface area contributed by atoms with Gasteiger partial charge in [0.1, 0.15) is 0 Å². The molecule has 2 aromatic rings. The quantitative estimate of drug-likeness (QED) is 0.918. The molecule has 6 heteroatoms. The second-order valence-electron chi connectivity index (χ2n) is 3.56. The number of nitrogens with zero attached hydrogens (tertiary/aromatic N) is 4. The van der Waals surface area contributed by atoms with Crippen molar-refractivity contribution in [2.75, 3.05) is 0 Å². The van der Waals surface area contributed by atoms with E-state index in [9.17, 15) is 0 Å². The van der Waals surface area contributed by atoms with Crippen LogP contribution in [-0.4, -0.2) is 20.2 Å². The van der Waals surface area contributed by atoms with E-state index in [2.05, 4.69) is 31.3 Å². The summed E-state index contributed by atoms with van der Waals surface area (Å²) in [7, 11) is 1.74. The van der Waals surface area contributed by atoms with Crippen LogP contribution in [0.15, 0.2) is 28.7 Å². The van der Waals surface area contributed by atoms with E-state index in [-0.39, 0.29) is 6.04 Å². The van der Waals surface area contributed by atoms with Crippen molar-refractivity contribution in [3.8, 4) is 0 Å². The fourth-order valence-corrected chi connectivity index (χ4v) is 1.87. The Morgan fingerprint density at radius 2 is 2.31 bits per heavy atom. The lowest BCUT2D eigenvalue weighted by atomic mass is 10.0. The standard InChI is InChI=1S/C10H12BrN5/c1-16-14-10(13-15-16)6-9(12)7-3-2-4-8(11)5-7/h2-5,9H,6,12H2,1H3. The van der Waals surface area contributed by atoms with E-state index >= 15 is 0 Å². The fraction of sp³-hybridized carbons (Fsp3) is 0.300. The van der Waals surface area contributed by atoms with Gasteiger partial charge in [0.25, 0.3) is 0 Å². The molecule has 2 N–H and O–H groups in total. The third-order valence-corrected chi connectivity index (χ3v) is 2.72. The zero-order chi connectivity index (χ0) is 11.5. The zero-order valence-corrected chi connectivity index (χ0v) is 10.4. The second kappa shape index (κ2) is 4.71. The first-order valence-electron chi connectivity index (χ1n) is 4.89. The molecule has 2 rings (SSSR count). The van der Waals surface area contributed by atoms with Crippen molar-refractivity contribution in [1.82, 2.24) is 20.2 Å². The molecule has 1 unspecified atom stereocenters. The van der Waals surface area contributed by atoms with Gasteiger partial charge >= 0.3 is 0 Å². The van der Waals surface area contributed by atoms with Gasteiger partial charge < -0.3 is 5.73 Å². The molecule has 0 radical (unpaired) electrons. The SMILES string of the molecule is Cn1nnc(CC(N)c2cccc(Br)c2)n1. The predicted octanol–water partition coefficient (Wildman–Crippen LogP) is 1.22. The van der Waals surface area contributed by atoms with Gasteiger partial charge in [-0.2, -0.15) is 4.80 Å². The summed E-state index contributed by atoms with van der Waals surface area (Å²) in [6.45, 7) is 0. The second-order valence-corrected chi connectivity index (χ2v) is 4.48. The maximum absolute atomic E-state index is 6.07. The summed E-state index contributed by atoms with van der Waals surface area (Å²) in [5, 5.41) is 11.8. The predicted molar refractivity (Wildman–Crippen MR) is 63.6 cm³/mol. The smallest absolute Gasteiger partial charge is 0.176 e. The Morgan fingerprint density at radius 1 is 1.50 bits per heavy atom.